The number of thiophene rings is 1. The fraction of sp³-hybridized carbons (Fsp3) is 0.222. The molecule has 5 heteroatoms. The van der Waals surface area contributed by atoms with Gasteiger partial charge in [-0.2, -0.15) is 0 Å². The molecular formula is C9H8ClIN2S. The lowest BCUT2D eigenvalue weighted by molar-refractivity contribution is 0.858. The summed E-state index contributed by atoms with van der Waals surface area (Å²) >= 11 is 10.3. The fourth-order valence-electron chi connectivity index (χ4n) is 1.18. The first-order chi connectivity index (χ1) is 6.75. The van der Waals surface area contributed by atoms with Crippen molar-refractivity contribution in [2.24, 2.45) is 0 Å². The summed E-state index contributed by atoms with van der Waals surface area (Å²) in [6.45, 7) is 0. The van der Waals surface area contributed by atoms with Crippen LogP contribution in [0.5, 0.6) is 0 Å². The lowest BCUT2D eigenvalue weighted by Crippen LogP contribution is -1.95. The largest absolute Gasteiger partial charge is 0.349 e. The Morgan fingerprint density at radius 3 is 3.07 bits per heavy atom. The molecule has 1 N–H and O–H groups in total. The Hall–Kier alpha value is -0.0700. The van der Waals surface area contributed by atoms with Gasteiger partial charge in [-0.25, -0.2) is 4.98 Å². The molecule has 0 bridgehead atoms. The zero-order valence-electron chi connectivity index (χ0n) is 7.21. The first-order valence-electron chi connectivity index (χ1n) is 4.12. The molecule has 0 aromatic carbocycles. The molecule has 0 spiro atoms. The molecule has 1 atom stereocenters. The number of hydrogen-bond acceptors (Lipinski definition) is 2. The molecule has 0 amide bonds. The van der Waals surface area contributed by atoms with Crippen LogP contribution in [0.3, 0.4) is 0 Å². The lowest BCUT2D eigenvalue weighted by atomic mass is 10.2. The summed E-state index contributed by atoms with van der Waals surface area (Å²) in [5.74, 6) is 0.936. The minimum Gasteiger partial charge on any atom is -0.349 e. The van der Waals surface area contributed by atoms with E-state index in [2.05, 4.69) is 44.0 Å². The van der Waals surface area contributed by atoms with Gasteiger partial charge < -0.3 is 4.98 Å². The second-order valence-electron chi connectivity index (χ2n) is 2.89. The molecule has 0 saturated heterocycles. The van der Waals surface area contributed by atoms with Gasteiger partial charge >= 0.3 is 0 Å². The number of halogens is 2. The smallest absolute Gasteiger partial charge is 0.107 e. The number of nitrogens with zero attached hydrogens (tertiary/aromatic N) is 1. The standard InChI is InChI=1S/C9H8ClIN2S/c10-7(4-9-12-1-2-13-9)6-3-8(11)14-5-6/h1-3,5,7H,4H2,(H,12,13). The van der Waals surface area contributed by atoms with Crippen molar-refractivity contribution in [3.63, 3.8) is 0 Å². The van der Waals surface area contributed by atoms with E-state index >= 15 is 0 Å². The Bertz CT molecular complexity index is 399. The van der Waals surface area contributed by atoms with Gasteiger partial charge in [0.25, 0.3) is 0 Å². The predicted octanol–water partition coefficient (Wildman–Crippen LogP) is 3.60. The van der Waals surface area contributed by atoms with E-state index in [9.17, 15) is 0 Å². The van der Waals surface area contributed by atoms with Gasteiger partial charge in [-0.3, -0.25) is 0 Å². The highest BCUT2D eigenvalue weighted by molar-refractivity contribution is 14.1. The highest BCUT2D eigenvalue weighted by Crippen LogP contribution is 2.28. The normalized spacial score (nSPS) is 13.0. The number of rotatable bonds is 3. The number of aromatic nitrogens is 2. The van der Waals surface area contributed by atoms with E-state index in [1.54, 1.807) is 17.5 Å². The average molecular weight is 339 g/mol. The number of alkyl halides is 1. The Kier molecular flexibility index (Phi) is 3.46. The molecule has 2 rings (SSSR count). The van der Waals surface area contributed by atoms with Crippen LogP contribution in [0.4, 0.5) is 0 Å². The van der Waals surface area contributed by atoms with Crippen LogP contribution in [0, 0.1) is 2.88 Å². The predicted molar refractivity (Wildman–Crippen MR) is 67.9 cm³/mol. The Morgan fingerprint density at radius 1 is 1.64 bits per heavy atom. The number of H-pyrrole nitrogens is 1. The van der Waals surface area contributed by atoms with Gasteiger partial charge in [-0.15, -0.1) is 22.9 Å². The van der Waals surface area contributed by atoms with E-state index in [1.165, 1.54) is 8.45 Å². The summed E-state index contributed by atoms with van der Waals surface area (Å²) < 4.78 is 1.27. The molecule has 0 aliphatic rings. The zero-order valence-corrected chi connectivity index (χ0v) is 10.9. The van der Waals surface area contributed by atoms with Crippen molar-refractivity contribution in [1.82, 2.24) is 9.97 Å². The second-order valence-corrected chi connectivity index (χ2v) is 6.22. The van der Waals surface area contributed by atoms with Crippen molar-refractivity contribution in [3.05, 3.63) is 38.1 Å². The summed E-state index contributed by atoms with van der Waals surface area (Å²) in [4.78, 5) is 7.20. The maximum absolute atomic E-state index is 6.25. The van der Waals surface area contributed by atoms with Crippen LogP contribution >= 0.6 is 45.5 Å². The Labute approximate surface area is 105 Å². The summed E-state index contributed by atoms with van der Waals surface area (Å²) in [6, 6.07) is 2.12. The molecule has 0 fully saturated rings. The highest BCUT2D eigenvalue weighted by Gasteiger charge is 2.11. The fourth-order valence-corrected chi connectivity index (χ4v) is 2.96. The number of aromatic amines is 1. The quantitative estimate of drug-likeness (QED) is 0.672. The zero-order chi connectivity index (χ0) is 9.97. The van der Waals surface area contributed by atoms with Gasteiger partial charge in [0.2, 0.25) is 0 Å². The van der Waals surface area contributed by atoms with E-state index in [0.717, 1.165) is 12.2 Å². The van der Waals surface area contributed by atoms with E-state index in [-0.39, 0.29) is 5.38 Å². The molecule has 2 aromatic heterocycles. The molecule has 2 heterocycles. The molecule has 2 nitrogen and oxygen atoms in total. The first-order valence-corrected chi connectivity index (χ1v) is 6.51. The molecule has 0 radical (unpaired) electrons. The maximum atomic E-state index is 6.25. The number of hydrogen-bond donors (Lipinski definition) is 1. The lowest BCUT2D eigenvalue weighted by Gasteiger charge is -2.04. The molecule has 0 aliphatic carbocycles. The minimum atomic E-state index is 0.0147. The van der Waals surface area contributed by atoms with E-state index in [4.69, 9.17) is 11.6 Å². The van der Waals surface area contributed by atoms with Crippen molar-refractivity contribution < 1.29 is 0 Å². The monoisotopic (exact) mass is 338 g/mol. The van der Waals surface area contributed by atoms with Crippen LogP contribution in [0.15, 0.2) is 23.8 Å². The van der Waals surface area contributed by atoms with Gasteiger partial charge in [-0.1, -0.05) is 0 Å². The van der Waals surface area contributed by atoms with Gasteiger partial charge in [-0.05, 0) is 39.6 Å². The Balaban J connectivity index is 2.06. The minimum absolute atomic E-state index is 0.0147. The summed E-state index contributed by atoms with van der Waals surface area (Å²) in [5.41, 5.74) is 1.18. The molecule has 74 valence electrons. The summed E-state index contributed by atoms with van der Waals surface area (Å²) in [7, 11) is 0. The van der Waals surface area contributed by atoms with Crippen molar-refractivity contribution in [2.75, 3.05) is 0 Å². The average Bonchev–Trinajstić information content (AvgIpc) is 2.75. The molecule has 0 aliphatic heterocycles. The molecule has 14 heavy (non-hydrogen) atoms. The van der Waals surface area contributed by atoms with Crippen LogP contribution in [-0.4, -0.2) is 9.97 Å². The van der Waals surface area contributed by atoms with Crippen molar-refractivity contribution >= 4 is 45.5 Å². The van der Waals surface area contributed by atoms with Crippen LogP contribution in [0.2, 0.25) is 0 Å². The van der Waals surface area contributed by atoms with E-state index in [1.807, 2.05) is 6.20 Å². The third kappa shape index (κ3) is 2.49. The topological polar surface area (TPSA) is 28.7 Å². The maximum Gasteiger partial charge on any atom is 0.107 e. The van der Waals surface area contributed by atoms with Gasteiger partial charge in [0.15, 0.2) is 0 Å². The van der Waals surface area contributed by atoms with E-state index in [0.29, 0.717) is 0 Å². The highest BCUT2D eigenvalue weighted by atomic mass is 127. The van der Waals surface area contributed by atoms with Gasteiger partial charge in [0.05, 0.1) is 8.26 Å². The summed E-state index contributed by atoms with van der Waals surface area (Å²) in [5, 5.41) is 2.11. The molecular weight excluding hydrogens is 331 g/mol. The SMILES string of the molecule is ClC(Cc1ncc[nH]1)c1csc(I)c1. The van der Waals surface area contributed by atoms with Crippen molar-refractivity contribution in [1.29, 1.82) is 0 Å². The molecule has 0 saturated carbocycles. The van der Waals surface area contributed by atoms with Crippen LogP contribution in [0.1, 0.15) is 16.8 Å². The van der Waals surface area contributed by atoms with Crippen LogP contribution < -0.4 is 0 Å². The number of nitrogens with one attached hydrogen (secondary N) is 1. The first kappa shape index (κ1) is 10.4. The van der Waals surface area contributed by atoms with E-state index < -0.39 is 0 Å². The van der Waals surface area contributed by atoms with Crippen molar-refractivity contribution in [3.8, 4) is 0 Å². The number of imidazole rings is 1. The van der Waals surface area contributed by atoms with Crippen LogP contribution in [0.25, 0.3) is 0 Å². The second kappa shape index (κ2) is 4.63. The Morgan fingerprint density at radius 2 is 2.50 bits per heavy atom. The molecule has 1 unspecified atom stereocenters. The third-order valence-corrected chi connectivity index (χ3v) is 4.09. The molecule has 2 aromatic rings. The summed E-state index contributed by atoms with van der Waals surface area (Å²) in [6.07, 6.45) is 4.31. The van der Waals surface area contributed by atoms with Crippen LogP contribution in [-0.2, 0) is 6.42 Å². The van der Waals surface area contributed by atoms with Gasteiger partial charge in [0, 0.05) is 18.8 Å². The van der Waals surface area contributed by atoms with Crippen molar-refractivity contribution in [2.45, 2.75) is 11.8 Å². The third-order valence-electron chi connectivity index (χ3n) is 1.88. The van der Waals surface area contributed by atoms with Gasteiger partial charge in [0.1, 0.15) is 5.82 Å².